The van der Waals surface area contributed by atoms with Crippen molar-refractivity contribution in [3.63, 3.8) is 0 Å². The monoisotopic (exact) mass is 568 g/mol. The zero-order chi connectivity index (χ0) is 24.1. The summed E-state index contributed by atoms with van der Waals surface area (Å²) in [6.07, 6.45) is 0.695. The van der Waals surface area contributed by atoms with Crippen LogP contribution in [0.5, 0.6) is 23.0 Å². The predicted molar refractivity (Wildman–Crippen MR) is 138 cm³/mol. The number of rotatable bonds is 5. The van der Waals surface area contributed by atoms with Gasteiger partial charge in [0.15, 0.2) is 29.3 Å². The Bertz CT molecular complexity index is 1170. The van der Waals surface area contributed by atoms with Crippen LogP contribution in [0.2, 0.25) is 0 Å². The summed E-state index contributed by atoms with van der Waals surface area (Å²) in [6, 6.07) is 6.98. The Kier molecular flexibility index (Phi) is 10.5. The average Bonchev–Trinajstić information content (AvgIpc) is 3.25. The molecule has 4 radical (unpaired) electrons. The summed E-state index contributed by atoms with van der Waals surface area (Å²) in [5.41, 5.74) is 1.57. The van der Waals surface area contributed by atoms with Gasteiger partial charge in [-0.15, -0.1) is 0 Å². The van der Waals surface area contributed by atoms with Gasteiger partial charge in [-0.1, -0.05) is 28.2 Å². The van der Waals surface area contributed by atoms with E-state index in [2.05, 4.69) is 6.92 Å². The second-order valence-corrected chi connectivity index (χ2v) is 9.37. The fraction of sp³-hybridized carbons (Fsp3) is 0.407. The van der Waals surface area contributed by atoms with Gasteiger partial charge >= 0.3 is 0 Å². The number of carbonyl (C=O) groups excluding carboxylic acids is 2. The first-order chi connectivity index (χ1) is 15.6. The molecular weight excluding hydrogens is 534 g/mol. The first-order valence-electron chi connectivity index (χ1n) is 10.7. The predicted octanol–water partition coefficient (Wildman–Crippen LogP) is 4.93. The summed E-state index contributed by atoms with van der Waals surface area (Å²) >= 11 is 0. The largest absolute Gasteiger partial charge is 0.809 e. The zero-order valence-corrected chi connectivity index (χ0v) is 23.4. The van der Waals surface area contributed by atoms with Crippen molar-refractivity contribution in [1.29, 1.82) is 0 Å². The Morgan fingerprint density at radius 1 is 1.14 bits per heavy atom. The first-order valence-corrected chi connectivity index (χ1v) is 10.7. The molecule has 0 spiro atoms. The molecule has 7 nitrogen and oxygen atoms in total. The van der Waals surface area contributed by atoms with Crippen LogP contribution in [0.4, 0.5) is 0 Å². The van der Waals surface area contributed by atoms with E-state index in [1.54, 1.807) is 24.3 Å². The van der Waals surface area contributed by atoms with E-state index in [-0.39, 0.29) is 68.3 Å². The number of benzene rings is 2. The SMILES string of the molecule is C.[2HH].[B].[CH2-][C@@H]1C(=[N-])c2cc3c(cc2[C@@H](c2cc(C=O)c(OC)c(OC)c2)[C@H]1C(=O)C(C)(C)C)OCO3.[Y]. The van der Waals surface area contributed by atoms with Crippen molar-refractivity contribution < 1.29 is 62.7 Å². The maximum absolute atomic E-state index is 13.7. The molecule has 0 bridgehead atoms. The third-order valence-corrected chi connectivity index (χ3v) is 6.36. The van der Waals surface area contributed by atoms with Gasteiger partial charge in [0.2, 0.25) is 6.79 Å². The van der Waals surface area contributed by atoms with Crippen molar-refractivity contribution in [1.82, 2.24) is 0 Å². The molecule has 0 aromatic heterocycles. The van der Waals surface area contributed by atoms with Crippen LogP contribution in [-0.4, -0.2) is 47.2 Å². The first kappa shape index (κ1) is 31.8. The molecule has 0 amide bonds. The molecule has 0 saturated heterocycles. The van der Waals surface area contributed by atoms with Gasteiger partial charge in [-0.3, -0.25) is 9.59 Å². The minimum absolute atomic E-state index is 0. The molecule has 9 heteroatoms. The van der Waals surface area contributed by atoms with Crippen molar-refractivity contribution in [2.45, 2.75) is 34.1 Å². The standard InChI is InChI=1S/C26H27NO6.CH4.B.Y.H2/c1-13-21(25(29)26(2,3)4)22(14-7-15(11-28)24(31-6)20(8-14)30-5)16-9-18-19(33-12-32-18)10-17(16)23(13)27;;;;/h7-11,13,21-22H,1,12H2,2-6H3;1H4;;;1H/q-2;;;;/t13-,21-,22+;;;;/m0..../s1/i;;;;1+1. The van der Waals surface area contributed by atoms with Gasteiger partial charge in [0, 0.05) is 59.8 Å². The van der Waals surface area contributed by atoms with Crippen molar-refractivity contribution in [3.8, 4) is 23.0 Å². The van der Waals surface area contributed by atoms with Crippen LogP contribution < -0.4 is 18.9 Å². The average molecular weight is 568 g/mol. The molecule has 0 fully saturated rings. The molecular formula is C27H33BNO6Y-2. The van der Waals surface area contributed by atoms with Crippen LogP contribution in [0, 0.1) is 24.2 Å². The van der Waals surface area contributed by atoms with E-state index in [0.717, 1.165) is 0 Å². The number of carbonyl (C=O) groups is 2. The van der Waals surface area contributed by atoms with Crippen molar-refractivity contribution in [2.24, 2.45) is 17.3 Å². The van der Waals surface area contributed by atoms with Gasteiger partial charge in [-0.05, 0) is 41.0 Å². The summed E-state index contributed by atoms with van der Waals surface area (Å²) in [7, 11) is 2.96. The number of ether oxygens (including phenoxy) is 4. The van der Waals surface area contributed by atoms with Gasteiger partial charge < -0.3 is 31.3 Å². The van der Waals surface area contributed by atoms with Crippen LogP contribution in [0.25, 0.3) is 5.41 Å². The molecule has 1 aliphatic heterocycles. The molecule has 0 saturated carbocycles. The molecule has 2 aliphatic rings. The van der Waals surface area contributed by atoms with Crippen molar-refractivity contribution in [3.05, 3.63) is 58.9 Å². The van der Waals surface area contributed by atoms with Gasteiger partial charge in [-0.2, -0.15) is 11.6 Å². The van der Waals surface area contributed by atoms with E-state index in [1.165, 1.54) is 14.2 Å². The Balaban J connectivity index is 0.00000324. The van der Waals surface area contributed by atoms with Crippen LogP contribution >= 0.6 is 0 Å². The maximum atomic E-state index is 13.7. The molecule has 0 N–H and O–H groups in total. The number of aldehydes is 1. The summed E-state index contributed by atoms with van der Waals surface area (Å²) in [5, 5.41) is 11.1. The quantitative estimate of drug-likeness (QED) is 0.289. The second-order valence-electron chi connectivity index (χ2n) is 9.37. The molecule has 4 rings (SSSR count). The number of Topliss-reactive ketones (excluding diaryl/α,β-unsaturated/α-hetero) is 1. The van der Waals surface area contributed by atoms with Crippen LogP contribution in [0.1, 0.15) is 62.6 Å². The van der Waals surface area contributed by atoms with Gasteiger partial charge in [0.05, 0.1) is 19.8 Å². The van der Waals surface area contributed by atoms with Crippen molar-refractivity contribution >= 4 is 26.2 Å². The third kappa shape index (κ3) is 5.26. The van der Waals surface area contributed by atoms with E-state index in [9.17, 15) is 15.0 Å². The van der Waals surface area contributed by atoms with E-state index in [4.69, 9.17) is 18.9 Å². The summed E-state index contributed by atoms with van der Waals surface area (Å²) < 4.78 is 22.0. The molecule has 0 unspecified atom stereocenters. The number of nitrogens with zero attached hydrogens (tertiary/aromatic N) is 1. The Hall–Kier alpha value is -2.18. The second kappa shape index (κ2) is 11.9. The smallest absolute Gasteiger partial charge is 0.231 e. The maximum Gasteiger partial charge on any atom is 0.231 e. The van der Waals surface area contributed by atoms with Gasteiger partial charge in [0.1, 0.15) is 5.78 Å². The third-order valence-electron chi connectivity index (χ3n) is 6.36. The number of hydrogen-bond acceptors (Lipinski definition) is 6. The Morgan fingerprint density at radius 2 is 1.75 bits per heavy atom. The molecule has 3 atom stereocenters. The Morgan fingerprint density at radius 3 is 2.28 bits per heavy atom. The van der Waals surface area contributed by atoms with Crippen LogP contribution in [0.3, 0.4) is 0 Å². The fourth-order valence-electron chi connectivity index (χ4n) is 4.74. The van der Waals surface area contributed by atoms with E-state index < -0.39 is 23.2 Å². The molecule has 2 aromatic carbocycles. The van der Waals surface area contributed by atoms with Crippen LogP contribution in [-0.2, 0) is 37.5 Å². The van der Waals surface area contributed by atoms with Gasteiger partial charge in [-0.25, -0.2) is 0 Å². The minimum Gasteiger partial charge on any atom is -0.809 e. The molecule has 36 heavy (non-hydrogen) atoms. The fourth-order valence-corrected chi connectivity index (χ4v) is 4.74. The Labute approximate surface area is 242 Å². The number of ketones is 1. The molecule has 1 aliphatic carbocycles. The van der Waals surface area contributed by atoms with E-state index in [0.29, 0.717) is 51.5 Å². The van der Waals surface area contributed by atoms with Gasteiger partial charge in [0.25, 0.3) is 0 Å². The number of hydrogen-bond donors (Lipinski definition) is 0. The molecule has 1 heterocycles. The summed E-state index contributed by atoms with van der Waals surface area (Å²) in [4.78, 5) is 25.6. The molecule has 190 valence electrons. The zero-order valence-electron chi connectivity index (χ0n) is 20.6. The molecule has 2 aromatic rings. The topological polar surface area (TPSA) is 93.4 Å². The van der Waals surface area contributed by atoms with E-state index in [1.807, 2.05) is 20.8 Å². The van der Waals surface area contributed by atoms with Crippen molar-refractivity contribution in [2.75, 3.05) is 21.0 Å². The number of methoxy groups -OCH3 is 2. The normalized spacial score (nSPS) is 19.6. The minimum atomic E-state index is -0.706. The summed E-state index contributed by atoms with van der Waals surface area (Å²) in [6.45, 7) is 9.79. The number of fused-ring (bicyclic) bond motifs is 2. The van der Waals surface area contributed by atoms with Crippen LogP contribution in [0.15, 0.2) is 24.3 Å². The van der Waals surface area contributed by atoms with E-state index >= 15 is 0 Å². The summed E-state index contributed by atoms with van der Waals surface area (Å²) in [5.74, 6) is -0.210.